The number of nitrogens with two attached hydrogens (primary N) is 1. The van der Waals surface area contributed by atoms with E-state index in [1.165, 1.54) is 4.90 Å². The fraction of sp³-hybridized carbons (Fsp3) is 0.857. The fourth-order valence-corrected chi connectivity index (χ4v) is 3.50. The molecule has 1 saturated heterocycles. The van der Waals surface area contributed by atoms with Gasteiger partial charge in [-0.25, -0.2) is 0 Å². The number of fused-ring (bicyclic) bond motifs is 1. The molecule has 1 aliphatic carbocycles. The van der Waals surface area contributed by atoms with E-state index in [0.717, 1.165) is 6.42 Å². The third-order valence-electron chi connectivity index (χ3n) is 4.95. The Bertz CT molecular complexity index is 422. The zero-order valence-electron chi connectivity index (χ0n) is 12.7. The summed E-state index contributed by atoms with van der Waals surface area (Å²) in [7, 11) is 3.40. The summed E-state index contributed by atoms with van der Waals surface area (Å²) in [6, 6.07) is 0. The molecule has 0 aromatic heterocycles. The molecule has 1 saturated carbocycles. The van der Waals surface area contributed by atoms with E-state index in [0.29, 0.717) is 19.6 Å². The third-order valence-corrected chi connectivity index (χ3v) is 4.95. The molecule has 2 amide bonds. The number of rotatable bonds is 4. The van der Waals surface area contributed by atoms with E-state index in [-0.39, 0.29) is 29.3 Å². The molecule has 0 spiro atoms. The van der Waals surface area contributed by atoms with Crippen LogP contribution in [-0.2, 0) is 14.3 Å². The molecule has 6 heteroatoms. The van der Waals surface area contributed by atoms with Crippen molar-refractivity contribution in [2.24, 2.45) is 17.1 Å². The summed E-state index contributed by atoms with van der Waals surface area (Å²) in [6.07, 6.45) is 1.19. The first-order chi connectivity index (χ1) is 9.23. The van der Waals surface area contributed by atoms with Crippen LogP contribution in [0.2, 0.25) is 0 Å². The van der Waals surface area contributed by atoms with Crippen LogP contribution in [0.15, 0.2) is 0 Å². The van der Waals surface area contributed by atoms with Crippen molar-refractivity contribution >= 4 is 11.8 Å². The predicted octanol–water partition coefficient (Wildman–Crippen LogP) is -0.277. The van der Waals surface area contributed by atoms with Crippen molar-refractivity contribution in [2.45, 2.75) is 38.3 Å². The number of hydrogen-bond acceptors (Lipinski definition) is 4. The summed E-state index contributed by atoms with van der Waals surface area (Å²) in [5, 5.41) is 2.81. The van der Waals surface area contributed by atoms with E-state index in [4.69, 9.17) is 10.5 Å². The average molecular weight is 283 g/mol. The molecule has 2 aliphatic rings. The van der Waals surface area contributed by atoms with Crippen LogP contribution in [0.25, 0.3) is 0 Å². The average Bonchev–Trinajstić information content (AvgIpc) is 2.85. The summed E-state index contributed by atoms with van der Waals surface area (Å²) in [5.74, 6) is -0.0887. The van der Waals surface area contributed by atoms with Crippen molar-refractivity contribution in [1.82, 2.24) is 10.2 Å². The van der Waals surface area contributed by atoms with Crippen LogP contribution >= 0.6 is 0 Å². The van der Waals surface area contributed by atoms with Crippen molar-refractivity contribution in [3.05, 3.63) is 0 Å². The van der Waals surface area contributed by atoms with Gasteiger partial charge >= 0.3 is 0 Å². The normalized spacial score (nSPS) is 34.0. The van der Waals surface area contributed by atoms with Gasteiger partial charge in [-0.3, -0.25) is 9.59 Å². The molecular formula is C14H25N3O3. The van der Waals surface area contributed by atoms with E-state index in [1.54, 1.807) is 14.1 Å². The Hall–Kier alpha value is -1.14. The first-order valence-corrected chi connectivity index (χ1v) is 7.12. The number of amides is 2. The van der Waals surface area contributed by atoms with Gasteiger partial charge in [0.05, 0.1) is 6.10 Å². The lowest BCUT2D eigenvalue weighted by molar-refractivity contribution is -0.175. The largest absolute Gasteiger partial charge is 0.377 e. The highest BCUT2D eigenvalue weighted by Crippen LogP contribution is 2.58. The van der Waals surface area contributed by atoms with Gasteiger partial charge in [0, 0.05) is 45.0 Å². The van der Waals surface area contributed by atoms with Gasteiger partial charge < -0.3 is 20.7 Å². The Morgan fingerprint density at radius 3 is 2.65 bits per heavy atom. The monoisotopic (exact) mass is 283 g/mol. The second-order valence-electron chi connectivity index (χ2n) is 6.57. The molecule has 2 fully saturated rings. The zero-order valence-corrected chi connectivity index (χ0v) is 12.7. The van der Waals surface area contributed by atoms with Gasteiger partial charge in [-0.1, -0.05) is 13.8 Å². The summed E-state index contributed by atoms with van der Waals surface area (Å²) >= 11 is 0. The SMILES string of the molecule is CN(C)C(=O)CCNC(=O)C1(N)C2CCOC2C1(C)C. The molecule has 0 aromatic rings. The Balaban J connectivity index is 1.94. The smallest absolute Gasteiger partial charge is 0.241 e. The highest BCUT2D eigenvalue weighted by Gasteiger charge is 2.71. The van der Waals surface area contributed by atoms with Crippen LogP contribution in [0.3, 0.4) is 0 Å². The van der Waals surface area contributed by atoms with E-state index in [1.807, 2.05) is 13.8 Å². The van der Waals surface area contributed by atoms with Crippen molar-refractivity contribution in [1.29, 1.82) is 0 Å². The standard InChI is InChI=1S/C14H25N3O3/c1-13(2)11-9(6-8-20-11)14(13,15)12(19)16-7-5-10(18)17(3)4/h9,11H,5-8,15H2,1-4H3,(H,16,19). The number of carbonyl (C=O) groups excluding carboxylic acids is 2. The first-order valence-electron chi connectivity index (χ1n) is 7.12. The minimum atomic E-state index is -0.894. The summed E-state index contributed by atoms with van der Waals surface area (Å²) in [5.41, 5.74) is 5.13. The van der Waals surface area contributed by atoms with E-state index >= 15 is 0 Å². The minimum absolute atomic E-state index is 0.00804. The Morgan fingerprint density at radius 2 is 2.05 bits per heavy atom. The Labute approximate surface area is 120 Å². The number of carbonyl (C=O) groups is 2. The van der Waals surface area contributed by atoms with Gasteiger partial charge in [0.15, 0.2) is 0 Å². The maximum Gasteiger partial charge on any atom is 0.241 e. The zero-order chi connectivity index (χ0) is 15.1. The second kappa shape index (κ2) is 5.00. The van der Waals surface area contributed by atoms with Crippen LogP contribution in [0.5, 0.6) is 0 Å². The van der Waals surface area contributed by atoms with Crippen LogP contribution in [0, 0.1) is 11.3 Å². The molecule has 3 N–H and O–H groups in total. The highest BCUT2D eigenvalue weighted by atomic mass is 16.5. The minimum Gasteiger partial charge on any atom is -0.377 e. The molecule has 114 valence electrons. The lowest BCUT2D eigenvalue weighted by atomic mass is 9.48. The quantitative estimate of drug-likeness (QED) is 0.743. The summed E-state index contributed by atoms with van der Waals surface area (Å²) < 4.78 is 5.67. The van der Waals surface area contributed by atoms with Gasteiger partial charge in [0.1, 0.15) is 5.54 Å². The van der Waals surface area contributed by atoms with Crippen molar-refractivity contribution in [2.75, 3.05) is 27.2 Å². The van der Waals surface area contributed by atoms with Crippen LogP contribution in [0.1, 0.15) is 26.7 Å². The topological polar surface area (TPSA) is 84.7 Å². The third kappa shape index (κ3) is 2.02. The molecule has 1 aliphatic heterocycles. The molecule has 0 aromatic carbocycles. The fourth-order valence-electron chi connectivity index (χ4n) is 3.50. The second-order valence-corrected chi connectivity index (χ2v) is 6.57. The predicted molar refractivity (Wildman–Crippen MR) is 74.9 cm³/mol. The summed E-state index contributed by atoms with van der Waals surface area (Å²) in [4.78, 5) is 25.4. The van der Waals surface area contributed by atoms with Crippen molar-refractivity contribution in [3.8, 4) is 0 Å². The van der Waals surface area contributed by atoms with Gasteiger partial charge in [-0.05, 0) is 6.42 Å². The van der Waals surface area contributed by atoms with Crippen LogP contribution in [0.4, 0.5) is 0 Å². The molecule has 3 unspecified atom stereocenters. The van der Waals surface area contributed by atoms with Crippen LogP contribution in [-0.4, -0.2) is 55.6 Å². The molecule has 0 bridgehead atoms. The van der Waals surface area contributed by atoms with E-state index in [9.17, 15) is 9.59 Å². The molecule has 2 rings (SSSR count). The lowest BCUT2D eigenvalue weighted by Gasteiger charge is -2.60. The first kappa shape index (κ1) is 15.3. The summed E-state index contributed by atoms with van der Waals surface area (Å²) in [6.45, 7) is 4.95. The Kier molecular flexibility index (Phi) is 3.81. The molecule has 6 nitrogen and oxygen atoms in total. The van der Waals surface area contributed by atoms with E-state index < -0.39 is 5.54 Å². The number of ether oxygens (including phenoxy) is 1. The van der Waals surface area contributed by atoms with Crippen molar-refractivity contribution < 1.29 is 14.3 Å². The van der Waals surface area contributed by atoms with E-state index in [2.05, 4.69) is 5.32 Å². The maximum absolute atomic E-state index is 12.4. The molecule has 1 heterocycles. The number of hydrogen-bond donors (Lipinski definition) is 2. The molecular weight excluding hydrogens is 258 g/mol. The molecule has 20 heavy (non-hydrogen) atoms. The van der Waals surface area contributed by atoms with Crippen LogP contribution < -0.4 is 11.1 Å². The maximum atomic E-state index is 12.4. The van der Waals surface area contributed by atoms with Gasteiger partial charge in [-0.15, -0.1) is 0 Å². The van der Waals surface area contributed by atoms with Gasteiger partial charge in [0.25, 0.3) is 0 Å². The van der Waals surface area contributed by atoms with Crippen molar-refractivity contribution in [3.63, 3.8) is 0 Å². The highest BCUT2D eigenvalue weighted by molar-refractivity contribution is 5.90. The number of nitrogens with one attached hydrogen (secondary N) is 1. The lowest BCUT2D eigenvalue weighted by Crippen LogP contribution is -2.80. The number of nitrogens with zero attached hydrogens (tertiary/aromatic N) is 1. The van der Waals surface area contributed by atoms with Gasteiger partial charge in [-0.2, -0.15) is 0 Å². The van der Waals surface area contributed by atoms with Gasteiger partial charge in [0.2, 0.25) is 11.8 Å². The molecule has 0 radical (unpaired) electrons. The molecule has 3 atom stereocenters. The Morgan fingerprint density at radius 1 is 1.40 bits per heavy atom.